The molecule has 0 unspecified atom stereocenters. The lowest BCUT2D eigenvalue weighted by molar-refractivity contribution is -0.148. The molecule has 2 N–H and O–H groups in total. The first-order chi connectivity index (χ1) is 8.04. The molecule has 0 radical (unpaired) electrons. The smallest absolute Gasteiger partial charge is 0.336 e. The number of aromatic nitrogens is 1. The number of ether oxygens (including phenoxy) is 1. The predicted molar refractivity (Wildman–Crippen MR) is 55.1 cm³/mol. The van der Waals surface area contributed by atoms with Crippen molar-refractivity contribution in [2.24, 2.45) is 0 Å². The van der Waals surface area contributed by atoms with Gasteiger partial charge in [0.2, 0.25) is 11.8 Å². The number of hydrogen-bond donors (Lipinski definition) is 2. The third kappa shape index (κ3) is 3.56. The number of carbonyl (C=O) groups is 2. The van der Waals surface area contributed by atoms with Crippen molar-refractivity contribution in [3.63, 3.8) is 0 Å². The van der Waals surface area contributed by atoms with E-state index >= 15 is 0 Å². The fraction of sp³-hybridized carbons (Fsp3) is 0.200. The summed E-state index contributed by atoms with van der Waals surface area (Å²) in [6.45, 7) is 3.01. The van der Waals surface area contributed by atoms with Crippen LogP contribution < -0.4 is 4.84 Å². The van der Waals surface area contributed by atoms with Gasteiger partial charge in [-0.05, 0) is 0 Å². The molecule has 7 heteroatoms. The van der Waals surface area contributed by atoms with Gasteiger partial charge in [0.1, 0.15) is 6.61 Å². The molecule has 0 saturated carbocycles. The van der Waals surface area contributed by atoms with Gasteiger partial charge in [-0.3, -0.25) is 0 Å². The zero-order valence-electron chi connectivity index (χ0n) is 8.83. The van der Waals surface area contributed by atoms with Crippen LogP contribution in [0.1, 0.15) is 6.42 Å². The van der Waals surface area contributed by atoms with Crippen molar-refractivity contribution < 1.29 is 29.4 Å². The molecule has 0 aromatic carbocycles. The molecule has 0 aliphatic heterocycles. The van der Waals surface area contributed by atoms with Crippen LogP contribution in [0.4, 0.5) is 0 Å². The Morgan fingerprint density at radius 1 is 1.35 bits per heavy atom. The summed E-state index contributed by atoms with van der Waals surface area (Å²) < 4.78 is 5.10. The zero-order valence-corrected chi connectivity index (χ0v) is 8.83. The molecule has 17 heavy (non-hydrogen) atoms. The summed E-state index contributed by atoms with van der Waals surface area (Å²) >= 11 is 0. The van der Waals surface area contributed by atoms with E-state index in [1.54, 1.807) is 0 Å². The molecule has 7 nitrogen and oxygen atoms in total. The average Bonchev–Trinajstić information content (AvgIpc) is 2.60. The van der Waals surface area contributed by atoms with Crippen LogP contribution in [-0.2, 0) is 14.3 Å². The molecule has 0 amide bonds. The second-order valence-electron chi connectivity index (χ2n) is 2.93. The highest BCUT2D eigenvalue weighted by Gasteiger charge is 2.12. The summed E-state index contributed by atoms with van der Waals surface area (Å²) in [4.78, 5) is 26.4. The maximum absolute atomic E-state index is 11.2. The van der Waals surface area contributed by atoms with Gasteiger partial charge in [0.15, 0.2) is 0 Å². The van der Waals surface area contributed by atoms with E-state index < -0.39 is 23.7 Å². The van der Waals surface area contributed by atoms with Crippen LogP contribution in [0.5, 0.6) is 11.8 Å². The van der Waals surface area contributed by atoms with E-state index in [1.807, 2.05) is 0 Å². The number of hydrogen-bond acceptors (Lipinski definition) is 6. The van der Waals surface area contributed by atoms with E-state index in [4.69, 9.17) is 10.2 Å². The first-order valence-corrected chi connectivity index (χ1v) is 4.64. The molecule has 0 aliphatic carbocycles. The van der Waals surface area contributed by atoms with Crippen molar-refractivity contribution in [3.05, 3.63) is 24.8 Å². The summed E-state index contributed by atoms with van der Waals surface area (Å²) in [6.07, 6.45) is 0.756. The SMILES string of the molecule is C=CC(=O)OCCC(=O)On1c(O)ccc1O. The van der Waals surface area contributed by atoms with Gasteiger partial charge in [-0.25, -0.2) is 9.59 Å². The van der Waals surface area contributed by atoms with Crippen LogP contribution in [0, 0.1) is 0 Å². The van der Waals surface area contributed by atoms with Crippen molar-refractivity contribution in [3.8, 4) is 11.8 Å². The summed E-state index contributed by atoms with van der Waals surface area (Å²) in [5.74, 6) is -2.26. The monoisotopic (exact) mass is 241 g/mol. The Morgan fingerprint density at radius 3 is 2.47 bits per heavy atom. The molecule has 1 rings (SSSR count). The van der Waals surface area contributed by atoms with Crippen molar-refractivity contribution in [2.45, 2.75) is 6.42 Å². The van der Waals surface area contributed by atoms with Gasteiger partial charge in [0.25, 0.3) is 0 Å². The van der Waals surface area contributed by atoms with Gasteiger partial charge in [0, 0.05) is 18.2 Å². The van der Waals surface area contributed by atoms with Crippen LogP contribution in [0.2, 0.25) is 0 Å². The van der Waals surface area contributed by atoms with Gasteiger partial charge >= 0.3 is 11.9 Å². The topological polar surface area (TPSA) is 98.0 Å². The summed E-state index contributed by atoms with van der Waals surface area (Å²) in [5, 5.41) is 18.3. The Kier molecular flexibility index (Phi) is 4.15. The number of carbonyl (C=O) groups excluding carboxylic acids is 2. The van der Waals surface area contributed by atoms with Gasteiger partial charge in [0.05, 0.1) is 6.42 Å². The maximum atomic E-state index is 11.2. The van der Waals surface area contributed by atoms with Crippen molar-refractivity contribution in [2.75, 3.05) is 6.61 Å². The van der Waals surface area contributed by atoms with Crippen LogP contribution in [0.15, 0.2) is 24.8 Å². The van der Waals surface area contributed by atoms with E-state index in [1.165, 1.54) is 0 Å². The second kappa shape index (κ2) is 5.59. The average molecular weight is 241 g/mol. The molecule has 0 bridgehead atoms. The van der Waals surface area contributed by atoms with Crippen LogP contribution in [0.3, 0.4) is 0 Å². The van der Waals surface area contributed by atoms with Gasteiger partial charge < -0.3 is 19.8 Å². The maximum Gasteiger partial charge on any atom is 0.336 e. The summed E-state index contributed by atoms with van der Waals surface area (Å²) in [7, 11) is 0. The van der Waals surface area contributed by atoms with E-state index in [-0.39, 0.29) is 13.0 Å². The molecular formula is C10H11NO6. The first kappa shape index (κ1) is 12.6. The van der Waals surface area contributed by atoms with Crippen molar-refractivity contribution in [1.29, 1.82) is 0 Å². The van der Waals surface area contributed by atoms with Crippen LogP contribution in [-0.4, -0.2) is 33.5 Å². The third-order valence-corrected chi connectivity index (χ3v) is 1.71. The van der Waals surface area contributed by atoms with Gasteiger partial charge in [-0.1, -0.05) is 6.58 Å². The van der Waals surface area contributed by atoms with Gasteiger partial charge in [-0.15, -0.1) is 4.73 Å². The largest absolute Gasteiger partial charge is 0.492 e. The highest BCUT2D eigenvalue weighted by Crippen LogP contribution is 2.18. The Hall–Kier alpha value is -2.44. The fourth-order valence-corrected chi connectivity index (χ4v) is 0.937. The van der Waals surface area contributed by atoms with Crippen molar-refractivity contribution in [1.82, 2.24) is 4.73 Å². The molecule has 0 fully saturated rings. The predicted octanol–water partition coefficient (Wildman–Crippen LogP) is -0.0262. The molecule has 1 aromatic rings. The molecule has 0 atom stereocenters. The fourth-order valence-electron chi connectivity index (χ4n) is 0.937. The number of esters is 1. The second-order valence-corrected chi connectivity index (χ2v) is 2.93. The van der Waals surface area contributed by atoms with E-state index in [0.717, 1.165) is 18.2 Å². The highest BCUT2D eigenvalue weighted by molar-refractivity contribution is 5.81. The standard InChI is InChI=1S/C10H11NO6/c1-2-9(14)16-6-5-10(15)17-11-7(12)3-4-8(11)13/h2-4,12-13H,1,5-6H2. The summed E-state index contributed by atoms with van der Waals surface area (Å²) in [6, 6.07) is 2.31. The Bertz CT molecular complexity index is 417. The molecule has 0 saturated heterocycles. The number of nitrogens with zero attached hydrogens (tertiary/aromatic N) is 1. The lowest BCUT2D eigenvalue weighted by Gasteiger charge is -2.06. The van der Waals surface area contributed by atoms with Gasteiger partial charge in [-0.2, -0.15) is 0 Å². The molecule has 0 spiro atoms. The Balaban J connectivity index is 2.40. The highest BCUT2D eigenvalue weighted by atomic mass is 16.7. The molecule has 1 heterocycles. The lowest BCUT2D eigenvalue weighted by Crippen LogP contribution is -2.20. The Labute approximate surface area is 96.4 Å². The number of rotatable bonds is 5. The van der Waals surface area contributed by atoms with E-state index in [2.05, 4.69) is 16.2 Å². The number of aromatic hydroxyl groups is 2. The normalized spacial score (nSPS) is 9.65. The summed E-state index contributed by atoms with van der Waals surface area (Å²) in [5.41, 5.74) is 0. The molecule has 1 aromatic heterocycles. The molecule has 92 valence electrons. The van der Waals surface area contributed by atoms with E-state index in [0.29, 0.717) is 4.73 Å². The minimum atomic E-state index is -0.774. The molecule has 0 aliphatic rings. The van der Waals surface area contributed by atoms with Crippen molar-refractivity contribution >= 4 is 11.9 Å². The van der Waals surface area contributed by atoms with Crippen LogP contribution >= 0.6 is 0 Å². The minimum Gasteiger partial charge on any atom is -0.492 e. The minimum absolute atomic E-state index is 0.174. The Morgan fingerprint density at radius 2 is 1.94 bits per heavy atom. The lowest BCUT2D eigenvalue weighted by atomic mass is 10.5. The van der Waals surface area contributed by atoms with E-state index in [9.17, 15) is 9.59 Å². The first-order valence-electron chi connectivity index (χ1n) is 4.64. The zero-order chi connectivity index (χ0) is 12.8. The third-order valence-electron chi connectivity index (χ3n) is 1.71. The quantitative estimate of drug-likeness (QED) is 0.555. The van der Waals surface area contributed by atoms with Crippen LogP contribution in [0.25, 0.3) is 0 Å². The molecular weight excluding hydrogens is 230 g/mol.